The molecule has 2 bridgehead atoms. The van der Waals surface area contributed by atoms with Crippen molar-refractivity contribution in [3.8, 4) is 22.5 Å². The first-order valence-electron chi connectivity index (χ1n) is 13.0. The van der Waals surface area contributed by atoms with Crippen molar-refractivity contribution in [2.75, 3.05) is 10.3 Å². The molecule has 0 spiro atoms. The molecule has 2 unspecified atom stereocenters. The van der Waals surface area contributed by atoms with E-state index in [0.717, 1.165) is 11.3 Å². The van der Waals surface area contributed by atoms with E-state index in [1.54, 1.807) is 39.8 Å². The average Bonchev–Trinajstić information content (AvgIpc) is 3.29. The number of aromatic nitrogens is 5. The first-order valence-corrected chi connectivity index (χ1v) is 13.7. The number of carbonyl (C=O) groups excluding carboxylic acids is 1. The van der Waals surface area contributed by atoms with E-state index >= 15 is 0 Å². The summed E-state index contributed by atoms with van der Waals surface area (Å²) in [4.78, 5) is 35.8. The van der Waals surface area contributed by atoms with Gasteiger partial charge >= 0.3 is 0 Å². The molecule has 0 fully saturated rings. The summed E-state index contributed by atoms with van der Waals surface area (Å²) in [6.07, 6.45) is 8.08. The fraction of sp³-hybridized carbons (Fsp3) is 0.250. The van der Waals surface area contributed by atoms with Gasteiger partial charge < -0.3 is 11.1 Å². The predicted octanol–water partition coefficient (Wildman–Crippen LogP) is 4.38. The molecule has 0 aliphatic carbocycles. The molecule has 13 heteroatoms. The second kappa shape index (κ2) is 11.7. The summed E-state index contributed by atoms with van der Waals surface area (Å²) < 4.78 is 3.27. The quantitative estimate of drug-likeness (QED) is 0.179. The van der Waals surface area contributed by atoms with Crippen LogP contribution in [0.5, 0.6) is 0 Å². The maximum absolute atomic E-state index is 13.6. The molecule has 41 heavy (non-hydrogen) atoms. The lowest BCUT2D eigenvalue weighted by Crippen LogP contribution is -2.28. The summed E-state index contributed by atoms with van der Waals surface area (Å²) in [5, 5.41) is 9.03. The van der Waals surface area contributed by atoms with E-state index in [0.29, 0.717) is 52.6 Å². The molecule has 11 nitrogen and oxygen atoms in total. The van der Waals surface area contributed by atoms with Crippen LogP contribution in [0.25, 0.3) is 22.5 Å². The number of amides is 1. The third-order valence-corrected chi connectivity index (χ3v) is 7.43. The molecule has 3 aromatic heterocycles. The third kappa shape index (κ3) is 5.97. The van der Waals surface area contributed by atoms with Crippen molar-refractivity contribution in [3.05, 3.63) is 87.5 Å². The lowest BCUT2D eigenvalue weighted by Gasteiger charge is -2.22. The Hall–Kier alpha value is -4.19. The van der Waals surface area contributed by atoms with Crippen LogP contribution in [0.4, 0.5) is 11.4 Å². The van der Waals surface area contributed by atoms with E-state index in [4.69, 9.17) is 34.8 Å². The van der Waals surface area contributed by atoms with Crippen LogP contribution in [0.3, 0.4) is 0 Å². The van der Waals surface area contributed by atoms with Crippen molar-refractivity contribution in [3.63, 3.8) is 0 Å². The van der Waals surface area contributed by atoms with Gasteiger partial charge in [-0.15, -0.1) is 0 Å². The first kappa shape index (κ1) is 28.3. The highest BCUT2D eigenvalue weighted by Gasteiger charge is 2.24. The number of benzene rings is 1. The normalized spacial score (nSPS) is 17.7. The maximum Gasteiger partial charge on any atom is 0.254 e. The molecule has 4 aromatic rings. The van der Waals surface area contributed by atoms with Gasteiger partial charge in [-0.2, -0.15) is 5.10 Å². The van der Waals surface area contributed by atoms with Gasteiger partial charge in [0.25, 0.3) is 5.56 Å². The summed E-state index contributed by atoms with van der Waals surface area (Å²) in [6, 6.07) is 9.82. The average molecular weight is 595 g/mol. The topological polar surface area (TPSA) is 150 Å². The highest BCUT2D eigenvalue weighted by Crippen LogP contribution is 2.34. The van der Waals surface area contributed by atoms with Crippen LogP contribution >= 0.6 is 23.2 Å². The molecular formula is C28H29Cl2N9O2. The molecule has 1 amide bonds. The van der Waals surface area contributed by atoms with Gasteiger partial charge in [0.15, 0.2) is 0 Å². The van der Waals surface area contributed by atoms with Gasteiger partial charge in [0.05, 0.1) is 53.2 Å². The second-order valence-corrected chi connectivity index (χ2v) is 10.8. The molecule has 1 aliphatic heterocycles. The summed E-state index contributed by atoms with van der Waals surface area (Å²) >= 11 is 12.1. The van der Waals surface area contributed by atoms with E-state index in [9.17, 15) is 9.59 Å². The largest absolute Gasteiger partial charge is 0.388 e. The van der Waals surface area contributed by atoms with Crippen molar-refractivity contribution in [2.45, 2.75) is 32.2 Å². The number of hydrogen-bond acceptors (Lipinski definition) is 8. The standard InChI is InChI=1S/C28H29Cl2N9O2/c1-16-4-3-5-24(21-10-17(8-9-33-21)27-22(36-28(16)41)13-35-37(27)2)38-15-34-20(12-26(38)40)19-11-18(29)6-7-23(19)39(32)14-25(30)31/h6-16,24H,3-5,31-32H2,1-2H3,(H,36,41)/b25-14-. The van der Waals surface area contributed by atoms with Crippen molar-refractivity contribution in [1.29, 1.82) is 0 Å². The zero-order chi connectivity index (χ0) is 29.3. The van der Waals surface area contributed by atoms with Crippen LogP contribution in [0.1, 0.15) is 37.9 Å². The molecule has 4 heterocycles. The zero-order valence-electron chi connectivity index (χ0n) is 22.5. The molecule has 1 aromatic carbocycles. The summed E-state index contributed by atoms with van der Waals surface area (Å²) in [7, 11) is 1.81. The smallest absolute Gasteiger partial charge is 0.254 e. The van der Waals surface area contributed by atoms with Crippen LogP contribution < -0.4 is 27.5 Å². The van der Waals surface area contributed by atoms with E-state index < -0.39 is 6.04 Å². The maximum atomic E-state index is 13.6. The van der Waals surface area contributed by atoms with E-state index in [-0.39, 0.29) is 22.5 Å². The number of fused-ring (bicyclic) bond motifs is 4. The number of hydrogen-bond donors (Lipinski definition) is 3. The number of aryl methyl sites for hydroxylation is 1. The van der Waals surface area contributed by atoms with E-state index in [1.807, 2.05) is 26.1 Å². The van der Waals surface area contributed by atoms with E-state index in [1.165, 1.54) is 23.6 Å². The lowest BCUT2D eigenvalue weighted by molar-refractivity contribution is -0.119. The Morgan fingerprint density at radius 1 is 1.17 bits per heavy atom. The number of anilines is 2. The molecule has 0 radical (unpaired) electrons. The van der Waals surface area contributed by atoms with Crippen LogP contribution in [0.2, 0.25) is 5.02 Å². The van der Waals surface area contributed by atoms with Crippen LogP contribution in [0.15, 0.2) is 71.3 Å². The lowest BCUT2D eigenvalue weighted by atomic mass is 9.97. The minimum atomic E-state index is -0.417. The molecule has 2 atom stereocenters. The zero-order valence-corrected chi connectivity index (χ0v) is 24.0. The predicted molar refractivity (Wildman–Crippen MR) is 160 cm³/mol. The molecule has 212 valence electrons. The van der Waals surface area contributed by atoms with E-state index in [2.05, 4.69) is 20.4 Å². The Bertz CT molecular complexity index is 1690. The number of carbonyl (C=O) groups is 1. The number of hydrazine groups is 1. The molecule has 1 aliphatic rings. The number of nitrogens with zero attached hydrogens (tertiary/aromatic N) is 6. The molecule has 5 rings (SSSR count). The number of halogens is 2. The van der Waals surface area contributed by atoms with Gasteiger partial charge in [0, 0.05) is 41.4 Å². The SMILES string of the molecule is CC1CCCC(n2cnc(-c3cc(Cl)ccc3N(N)/C=C(\N)Cl)cc2=O)c2cc(ccn2)-c2c(cnn2C)NC1=O. The van der Waals surface area contributed by atoms with Gasteiger partial charge in [-0.3, -0.25) is 28.8 Å². The first-order chi connectivity index (χ1) is 19.6. The Kier molecular flexibility index (Phi) is 8.11. The van der Waals surface area contributed by atoms with Crippen molar-refractivity contribution in [2.24, 2.45) is 24.5 Å². The van der Waals surface area contributed by atoms with Crippen LogP contribution in [0, 0.1) is 5.92 Å². The summed E-state index contributed by atoms with van der Waals surface area (Å²) in [5.74, 6) is 5.83. The van der Waals surface area contributed by atoms with Gasteiger partial charge in [-0.25, -0.2) is 10.8 Å². The van der Waals surface area contributed by atoms with Crippen molar-refractivity contribution in [1.82, 2.24) is 24.3 Å². The minimum Gasteiger partial charge on any atom is -0.388 e. The van der Waals surface area contributed by atoms with Gasteiger partial charge in [0.2, 0.25) is 5.91 Å². The van der Waals surface area contributed by atoms with Gasteiger partial charge in [0.1, 0.15) is 5.16 Å². The van der Waals surface area contributed by atoms with Crippen molar-refractivity contribution >= 4 is 40.5 Å². The minimum absolute atomic E-state index is 0.0148. The Balaban J connectivity index is 1.59. The highest BCUT2D eigenvalue weighted by atomic mass is 35.5. The van der Waals surface area contributed by atoms with Crippen LogP contribution in [-0.4, -0.2) is 30.2 Å². The van der Waals surface area contributed by atoms with Crippen molar-refractivity contribution < 1.29 is 4.79 Å². The third-order valence-electron chi connectivity index (χ3n) is 7.10. The molecule has 5 N–H and O–H groups in total. The molecule has 0 saturated heterocycles. The summed E-state index contributed by atoms with van der Waals surface area (Å²) in [5.41, 5.74) is 9.60. The fourth-order valence-electron chi connectivity index (χ4n) is 5.02. The Morgan fingerprint density at radius 2 is 1.98 bits per heavy atom. The summed E-state index contributed by atoms with van der Waals surface area (Å²) in [6.45, 7) is 1.89. The van der Waals surface area contributed by atoms with Crippen LogP contribution in [-0.2, 0) is 11.8 Å². The Labute approximate surface area is 246 Å². The molecular weight excluding hydrogens is 565 g/mol. The highest BCUT2D eigenvalue weighted by molar-refractivity contribution is 6.31. The fourth-order valence-corrected chi connectivity index (χ4v) is 5.29. The number of nitrogens with two attached hydrogens (primary N) is 2. The second-order valence-electron chi connectivity index (χ2n) is 9.94. The number of rotatable bonds is 4. The number of nitrogens with one attached hydrogen (secondary N) is 1. The number of pyridine rings is 1. The van der Waals surface area contributed by atoms with Gasteiger partial charge in [-0.1, -0.05) is 36.5 Å². The molecule has 0 saturated carbocycles. The monoisotopic (exact) mass is 593 g/mol. The van der Waals surface area contributed by atoms with Gasteiger partial charge in [-0.05, 0) is 43.2 Å². The Morgan fingerprint density at radius 3 is 2.73 bits per heavy atom.